The van der Waals surface area contributed by atoms with Crippen molar-refractivity contribution in [3.05, 3.63) is 41.6 Å². The SMILES string of the molecule is Cc1c(NC(=O)C2CCCO2)cccc1C(=O)Nc1ccnn1C1CCCC1. The van der Waals surface area contributed by atoms with E-state index in [4.69, 9.17) is 4.74 Å². The summed E-state index contributed by atoms with van der Waals surface area (Å²) in [7, 11) is 0. The topological polar surface area (TPSA) is 85.2 Å². The van der Waals surface area contributed by atoms with Crippen molar-refractivity contribution in [3.63, 3.8) is 0 Å². The van der Waals surface area contributed by atoms with Gasteiger partial charge in [0.15, 0.2) is 0 Å². The van der Waals surface area contributed by atoms with Crippen molar-refractivity contribution in [2.45, 2.75) is 57.6 Å². The number of ether oxygens (including phenoxy) is 1. The molecule has 0 spiro atoms. The highest BCUT2D eigenvalue weighted by Gasteiger charge is 2.25. The lowest BCUT2D eigenvalue weighted by molar-refractivity contribution is -0.124. The molecule has 0 radical (unpaired) electrons. The first-order valence-electron chi connectivity index (χ1n) is 10.0. The molecule has 1 aliphatic carbocycles. The molecule has 2 aliphatic rings. The van der Waals surface area contributed by atoms with Gasteiger partial charge < -0.3 is 15.4 Å². The van der Waals surface area contributed by atoms with Crippen LogP contribution in [0.2, 0.25) is 0 Å². The van der Waals surface area contributed by atoms with Crippen molar-refractivity contribution >= 4 is 23.3 Å². The molecule has 1 aromatic carbocycles. The molecule has 2 fully saturated rings. The van der Waals surface area contributed by atoms with Crippen LogP contribution < -0.4 is 10.6 Å². The second-order valence-corrected chi connectivity index (χ2v) is 7.52. The van der Waals surface area contributed by atoms with Crippen molar-refractivity contribution in [2.75, 3.05) is 17.2 Å². The number of hydrogen-bond acceptors (Lipinski definition) is 4. The average Bonchev–Trinajstić information content (AvgIpc) is 3.45. The Morgan fingerprint density at radius 3 is 2.68 bits per heavy atom. The smallest absolute Gasteiger partial charge is 0.257 e. The van der Waals surface area contributed by atoms with Gasteiger partial charge in [0.05, 0.1) is 12.2 Å². The fraction of sp³-hybridized carbons (Fsp3) is 0.476. The van der Waals surface area contributed by atoms with Crippen LogP contribution in [0.25, 0.3) is 0 Å². The van der Waals surface area contributed by atoms with Gasteiger partial charge in [-0.05, 0) is 50.3 Å². The number of rotatable bonds is 5. The van der Waals surface area contributed by atoms with Crippen LogP contribution in [-0.2, 0) is 9.53 Å². The number of anilines is 2. The zero-order valence-corrected chi connectivity index (χ0v) is 16.1. The molecule has 28 heavy (non-hydrogen) atoms. The highest BCUT2D eigenvalue weighted by Crippen LogP contribution is 2.31. The lowest BCUT2D eigenvalue weighted by Gasteiger charge is -2.17. The Morgan fingerprint density at radius 1 is 1.11 bits per heavy atom. The highest BCUT2D eigenvalue weighted by molar-refractivity contribution is 6.06. The van der Waals surface area contributed by atoms with Gasteiger partial charge in [-0.3, -0.25) is 9.59 Å². The second kappa shape index (κ2) is 8.14. The molecule has 1 atom stereocenters. The predicted octanol–water partition coefficient (Wildman–Crippen LogP) is 3.68. The van der Waals surface area contributed by atoms with Crippen molar-refractivity contribution in [1.29, 1.82) is 0 Å². The fourth-order valence-corrected chi connectivity index (χ4v) is 4.05. The van der Waals surface area contributed by atoms with Crippen LogP contribution >= 0.6 is 0 Å². The molecule has 2 heterocycles. The van der Waals surface area contributed by atoms with Gasteiger partial charge in [0.1, 0.15) is 11.9 Å². The highest BCUT2D eigenvalue weighted by atomic mass is 16.5. The Bertz CT molecular complexity index is 864. The molecule has 148 valence electrons. The van der Waals surface area contributed by atoms with Crippen LogP contribution in [0.3, 0.4) is 0 Å². The summed E-state index contributed by atoms with van der Waals surface area (Å²) in [6.45, 7) is 2.46. The van der Waals surface area contributed by atoms with E-state index in [9.17, 15) is 9.59 Å². The minimum absolute atomic E-state index is 0.155. The maximum Gasteiger partial charge on any atom is 0.257 e. The Morgan fingerprint density at radius 2 is 1.93 bits per heavy atom. The molecule has 2 N–H and O–H groups in total. The van der Waals surface area contributed by atoms with Gasteiger partial charge in [0.25, 0.3) is 11.8 Å². The van der Waals surface area contributed by atoms with Crippen LogP contribution in [0.4, 0.5) is 11.5 Å². The van der Waals surface area contributed by atoms with Crippen LogP contribution in [0.15, 0.2) is 30.5 Å². The Labute approximate surface area is 164 Å². The van der Waals surface area contributed by atoms with Gasteiger partial charge in [-0.2, -0.15) is 5.10 Å². The zero-order chi connectivity index (χ0) is 19.5. The Hall–Kier alpha value is -2.67. The first kappa shape index (κ1) is 18.7. The number of benzene rings is 1. The van der Waals surface area contributed by atoms with Crippen LogP contribution in [0.1, 0.15) is 60.5 Å². The van der Waals surface area contributed by atoms with E-state index in [0.29, 0.717) is 29.7 Å². The maximum absolute atomic E-state index is 12.9. The van der Waals surface area contributed by atoms with E-state index in [1.54, 1.807) is 18.3 Å². The van der Waals surface area contributed by atoms with Crippen LogP contribution in [0, 0.1) is 6.92 Å². The third-order valence-corrected chi connectivity index (χ3v) is 5.64. The maximum atomic E-state index is 12.9. The van der Waals surface area contributed by atoms with Gasteiger partial charge >= 0.3 is 0 Å². The standard InChI is InChI=1S/C21H26N4O3/c1-14-16(8-4-9-17(14)23-21(27)18-10-5-13-28-18)20(26)24-19-11-12-22-25(19)15-6-2-3-7-15/h4,8-9,11-12,15,18H,2-3,5-7,10,13H2,1H3,(H,23,27)(H,24,26). The summed E-state index contributed by atoms with van der Waals surface area (Å²) < 4.78 is 7.36. The lowest BCUT2D eigenvalue weighted by Crippen LogP contribution is -2.27. The molecular formula is C21H26N4O3. The summed E-state index contributed by atoms with van der Waals surface area (Å²) >= 11 is 0. The number of hydrogen-bond donors (Lipinski definition) is 2. The summed E-state index contributed by atoms with van der Waals surface area (Å²) in [6.07, 6.45) is 7.52. The minimum atomic E-state index is -0.405. The predicted molar refractivity (Wildman–Crippen MR) is 106 cm³/mol. The van der Waals surface area contributed by atoms with E-state index in [1.165, 1.54) is 12.8 Å². The Balaban J connectivity index is 1.49. The van der Waals surface area contributed by atoms with Crippen LogP contribution in [-0.4, -0.2) is 34.3 Å². The number of aromatic nitrogens is 2. The summed E-state index contributed by atoms with van der Waals surface area (Å²) in [6, 6.07) is 7.53. The van der Waals surface area contributed by atoms with E-state index in [2.05, 4.69) is 15.7 Å². The average molecular weight is 382 g/mol. The van der Waals surface area contributed by atoms with Gasteiger partial charge in [0, 0.05) is 23.9 Å². The summed E-state index contributed by atoms with van der Waals surface area (Å²) in [5.41, 5.74) is 1.90. The van der Waals surface area contributed by atoms with Crippen molar-refractivity contribution in [3.8, 4) is 0 Å². The third-order valence-electron chi connectivity index (χ3n) is 5.64. The molecule has 4 rings (SSSR count). The molecule has 1 aliphatic heterocycles. The van der Waals surface area contributed by atoms with E-state index < -0.39 is 6.10 Å². The monoisotopic (exact) mass is 382 g/mol. The first-order valence-corrected chi connectivity index (χ1v) is 10.0. The number of carbonyl (C=O) groups is 2. The zero-order valence-electron chi connectivity index (χ0n) is 16.1. The van der Waals surface area contributed by atoms with Gasteiger partial charge in [0.2, 0.25) is 0 Å². The van der Waals surface area contributed by atoms with Crippen LogP contribution in [0.5, 0.6) is 0 Å². The van der Waals surface area contributed by atoms with Gasteiger partial charge in [-0.1, -0.05) is 18.9 Å². The third kappa shape index (κ3) is 3.80. The molecule has 0 bridgehead atoms. The van der Waals surface area contributed by atoms with Crippen molar-refractivity contribution in [2.24, 2.45) is 0 Å². The number of nitrogens with zero attached hydrogens (tertiary/aromatic N) is 2. The second-order valence-electron chi connectivity index (χ2n) is 7.52. The minimum Gasteiger partial charge on any atom is -0.368 e. The molecular weight excluding hydrogens is 356 g/mol. The number of carbonyl (C=O) groups excluding carboxylic acids is 2. The van der Waals surface area contributed by atoms with Gasteiger partial charge in [-0.15, -0.1) is 0 Å². The van der Waals surface area contributed by atoms with E-state index in [1.807, 2.05) is 23.7 Å². The lowest BCUT2D eigenvalue weighted by atomic mass is 10.1. The number of nitrogens with one attached hydrogen (secondary N) is 2. The molecule has 1 saturated carbocycles. The quantitative estimate of drug-likeness (QED) is 0.826. The normalized spacial score (nSPS) is 19.7. The molecule has 1 saturated heterocycles. The molecule has 7 heteroatoms. The molecule has 2 amide bonds. The van der Waals surface area contributed by atoms with E-state index in [0.717, 1.165) is 31.2 Å². The first-order chi connectivity index (χ1) is 13.6. The molecule has 2 aromatic rings. The van der Waals surface area contributed by atoms with Gasteiger partial charge in [-0.25, -0.2) is 4.68 Å². The van der Waals surface area contributed by atoms with E-state index >= 15 is 0 Å². The van der Waals surface area contributed by atoms with Crippen molar-refractivity contribution in [1.82, 2.24) is 9.78 Å². The van der Waals surface area contributed by atoms with E-state index in [-0.39, 0.29) is 11.8 Å². The van der Waals surface area contributed by atoms with Crippen molar-refractivity contribution < 1.29 is 14.3 Å². The molecule has 1 aromatic heterocycles. The largest absolute Gasteiger partial charge is 0.368 e. The molecule has 7 nitrogen and oxygen atoms in total. The fourth-order valence-electron chi connectivity index (χ4n) is 4.05. The number of amides is 2. The summed E-state index contributed by atoms with van der Waals surface area (Å²) in [4.78, 5) is 25.3. The summed E-state index contributed by atoms with van der Waals surface area (Å²) in [5.74, 6) is 0.355. The summed E-state index contributed by atoms with van der Waals surface area (Å²) in [5, 5.41) is 10.3. The Kier molecular flexibility index (Phi) is 5.43. The molecule has 1 unspecified atom stereocenters.